The molecule has 72 valence electrons. The third kappa shape index (κ3) is 3.28. The van der Waals surface area contributed by atoms with Crippen LogP contribution in [-0.2, 0) is 0 Å². The highest BCUT2D eigenvalue weighted by Gasteiger charge is 2.06. The second kappa shape index (κ2) is 6.23. The largest absolute Gasteiger partial charge is 0.370 e. The molecule has 1 atom stereocenters. The van der Waals surface area contributed by atoms with Crippen molar-refractivity contribution in [1.29, 1.82) is 0 Å². The number of aliphatic imine (C=N–C) groups is 1. The minimum atomic E-state index is 0.247. The van der Waals surface area contributed by atoms with Gasteiger partial charge in [-0.05, 0) is 13.6 Å². The second-order valence-corrected chi connectivity index (χ2v) is 2.72. The van der Waals surface area contributed by atoms with Crippen molar-refractivity contribution in [3.05, 3.63) is 36.7 Å². The normalized spacial score (nSPS) is 14.0. The molecule has 0 fully saturated rings. The molecule has 0 saturated carbocycles. The second-order valence-electron chi connectivity index (χ2n) is 2.72. The first kappa shape index (κ1) is 11.7. The van der Waals surface area contributed by atoms with Crippen LogP contribution in [0, 0.1) is 5.92 Å². The van der Waals surface area contributed by atoms with E-state index in [2.05, 4.69) is 30.2 Å². The summed E-state index contributed by atoms with van der Waals surface area (Å²) in [5.41, 5.74) is 1.03. The first-order valence-electron chi connectivity index (χ1n) is 4.41. The van der Waals surface area contributed by atoms with Crippen LogP contribution in [0.5, 0.6) is 0 Å². The minimum Gasteiger partial charge on any atom is -0.370 e. The van der Waals surface area contributed by atoms with Crippen LogP contribution >= 0.6 is 0 Å². The standard InChI is InChI=1S/C11H18N2/c1-6-9(4)10(7-2)11(12-5)13-8-3/h6-7,9,13H,1-2,5,8H2,3-4H3/b11-10-. The van der Waals surface area contributed by atoms with Crippen molar-refractivity contribution < 1.29 is 0 Å². The zero-order valence-electron chi connectivity index (χ0n) is 8.51. The van der Waals surface area contributed by atoms with Gasteiger partial charge in [-0.25, -0.2) is 4.99 Å². The van der Waals surface area contributed by atoms with Gasteiger partial charge in [-0.3, -0.25) is 0 Å². The monoisotopic (exact) mass is 178 g/mol. The van der Waals surface area contributed by atoms with E-state index in [1.807, 2.05) is 19.9 Å². The Morgan fingerprint density at radius 2 is 2.15 bits per heavy atom. The first-order chi connectivity index (χ1) is 6.21. The van der Waals surface area contributed by atoms with Gasteiger partial charge in [-0.2, -0.15) is 0 Å². The molecule has 0 heterocycles. The molecule has 2 nitrogen and oxygen atoms in total. The smallest absolute Gasteiger partial charge is 0.128 e. The van der Waals surface area contributed by atoms with Crippen LogP contribution < -0.4 is 5.32 Å². The molecular weight excluding hydrogens is 160 g/mol. The van der Waals surface area contributed by atoms with Crippen molar-refractivity contribution in [3.8, 4) is 0 Å². The van der Waals surface area contributed by atoms with Crippen molar-refractivity contribution >= 4 is 6.72 Å². The Balaban J connectivity index is 4.90. The SMILES string of the molecule is C=C/C(=C(\N=C)NCC)C(C)C=C. The molecule has 0 aromatic rings. The fourth-order valence-corrected chi connectivity index (χ4v) is 1.04. The van der Waals surface area contributed by atoms with Crippen molar-refractivity contribution in [2.24, 2.45) is 10.9 Å². The van der Waals surface area contributed by atoms with E-state index in [4.69, 9.17) is 0 Å². The molecule has 0 aliphatic rings. The van der Waals surface area contributed by atoms with Gasteiger partial charge in [0.15, 0.2) is 0 Å². The number of hydrogen-bond donors (Lipinski definition) is 1. The lowest BCUT2D eigenvalue weighted by molar-refractivity contribution is 0.784. The van der Waals surface area contributed by atoms with E-state index in [0.29, 0.717) is 0 Å². The van der Waals surface area contributed by atoms with E-state index in [9.17, 15) is 0 Å². The summed E-state index contributed by atoms with van der Waals surface area (Å²) in [4.78, 5) is 3.92. The predicted molar refractivity (Wildman–Crippen MR) is 59.8 cm³/mol. The fraction of sp³-hybridized carbons (Fsp3) is 0.364. The Hall–Kier alpha value is -1.31. The van der Waals surface area contributed by atoms with Crippen LogP contribution in [0.4, 0.5) is 0 Å². The van der Waals surface area contributed by atoms with E-state index in [0.717, 1.165) is 17.9 Å². The van der Waals surface area contributed by atoms with Gasteiger partial charge in [0.1, 0.15) is 5.82 Å². The van der Waals surface area contributed by atoms with Gasteiger partial charge in [0.2, 0.25) is 0 Å². The molecule has 0 aliphatic heterocycles. The van der Waals surface area contributed by atoms with E-state index in [1.54, 1.807) is 6.08 Å². The molecule has 0 radical (unpaired) electrons. The van der Waals surface area contributed by atoms with Crippen molar-refractivity contribution in [3.63, 3.8) is 0 Å². The molecule has 0 aromatic carbocycles. The summed E-state index contributed by atoms with van der Waals surface area (Å²) in [6, 6.07) is 0. The van der Waals surface area contributed by atoms with Gasteiger partial charge in [-0.15, -0.1) is 6.58 Å². The van der Waals surface area contributed by atoms with Crippen LogP contribution in [0.2, 0.25) is 0 Å². The predicted octanol–water partition coefficient (Wildman–Crippen LogP) is 2.52. The molecule has 0 bridgehead atoms. The van der Waals surface area contributed by atoms with Crippen molar-refractivity contribution in [1.82, 2.24) is 5.32 Å². The van der Waals surface area contributed by atoms with Gasteiger partial charge >= 0.3 is 0 Å². The Morgan fingerprint density at radius 1 is 1.54 bits per heavy atom. The molecular formula is C11H18N2. The summed E-state index contributed by atoms with van der Waals surface area (Å²) in [5.74, 6) is 1.04. The first-order valence-corrected chi connectivity index (χ1v) is 4.41. The summed E-state index contributed by atoms with van der Waals surface area (Å²) < 4.78 is 0. The topological polar surface area (TPSA) is 24.4 Å². The molecule has 2 heteroatoms. The van der Waals surface area contributed by atoms with Crippen molar-refractivity contribution in [2.75, 3.05) is 6.54 Å². The third-order valence-corrected chi connectivity index (χ3v) is 1.84. The van der Waals surface area contributed by atoms with Gasteiger partial charge in [0.05, 0.1) is 0 Å². The number of allylic oxidation sites excluding steroid dienone is 3. The zero-order valence-corrected chi connectivity index (χ0v) is 8.51. The Kier molecular flexibility index (Phi) is 5.60. The molecule has 0 spiro atoms. The minimum absolute atomic E-state index is 0.247. The number of hydrogen-bond acceptors (Lipinski definition) is 2. The summed E-state index contributed by atoms with van der Waals surface area (Å²) in [6.07, 6.45) is 3.65. The highest BCUT2D eigenvalue weighted by atomic mass is 15.0. The fourth-order valence-electron chi connectivity index (χ4n) is 1.04. The summed E-state index contributed by atoms with van der Waals surface area (Å²) in [5, 5.41) is 3.13. The average Bonchev–Trinajstić information content (AvgIpc) is 2.17. The van der Waals surface area contributed by atoms with Crippen molar-refractivity contribution in [2.45, 2.75) is 13.8 Å². The highest BCUT2D eigenvalue weighted by Crippen LogP contribution is 2.16. The Labute approximate surface area is 80.8 Å². The Bertz CT molecular complexity index is 226. The maximum atomic E-state index is 3.92. The molecule has 13 heavy (non-hydrogen) atoms. The number of nitrogens with zero attached hydrogens (tertiary/aromatic N) is 1. The van der Waals surface area contributed by atoms with Crippen LogP contribution in [0.3, 0.4) is 0 Å². The molecule has 0 aliphatic carbocycles. The van der Waals surface area contributed by atoms with E-state index < -0.39 is 0 Å². The molecule has 1 unspecified atom stereocenters. The summed E-state index contributed by atoms with van der Waals surface area (Å²) in [6.45, 7) is 15.9. The van der Waals surface area contributed by atoms with Gasteiger partial charge in [0, 0.05) is 18.0 Å². The maximum absolute atomic E-state index is 3.92. The van der Waals surface area contributed by atoms with Crippen LogP contribution in [0.25, 0.3) is 0 Å². The Morgan fingerprint density at radius 3 is 2.46 bits per heavy atom. The summed E-state index contributed by atoms with van der Waals surface area (Å²) in [7, 11) is 0. The highest BCUT2D eigenvalue weighted by molar-refractivity contribution is 5.35. The third-order valence-electron chi connectivity index (χ3n) is 1.84. The zero-order chi connectivity index (χ0) is 10.3. The van der Waals surface area contributed by atoms with Gasteiger partial charge < -0.3 is 5.32 Å². The number of nitrogens with one attached hydrogen (secondary N) is 1. The molecule has 0 aromatic heterocycles. The van der Waals surface area contributed by atoms with Gasteiger partial charge in [0.25, 0.3) is 0 Å². The number of rotatable bonds is 6. The van der Waals surface area contributed by atoms with E-state index in [1.165, 1.54) is 0 Å². The maximum Gasteiger partial charge on any atom is 0.128 e. The lowest BCUT2D eigenvalue weighted by Crippen LogP contribution is -2.14. The molecule has 1 N–H and O–H groups in total. The van der Waals surface area contributed by atoms with E-state index in [-0.39, 0.29) is 5.92 Å². The van der Waals surface area contributed by atoms with Gasteiger partial charge in [-0.1, -0.05) is 25.7 Å². The van der Waals surface area contributed by atoms with Crippen LogP contribution in [-0.4, -0.2) is 13.3 Å². The quantitative estimate of drug-likeness (QED) is 0.377. The van der Waals surface area contributed by atoms with Crippen LogP contribution in [0.1, 0.15) is 13.8 Å². The lowest BCUT2D eigenvalue weighted by Gasteiger charge is -2.12. The lowest BCUT2D eigenvalue weighted by atomic mass is 10.0. The molecule has 0 rings (SSSR count). The van der Waals surface area contributed by atoms with Crippen LogP contribution in [0.15, 0.2) is 41.7 Å². The molecule has 0 saturated heterocycles. The summed E-state index contributed by atoms with van der Waals surface area (Å²) >= 11 is 0. The van der Waals surface area contributed by atoms with E-state index >= 15 is 0 Å². The average molecular weight is 178 g/mol. The molecule has 0 amide bonds.